The van der Waals surface area contributed by atoms with Crippen molar-refractivity contribution in [2.24, 2.45) is 0 Å². The van der Waals surface area contributed by atoms with Crippen LogP contribution < -0.4 is 24.8 Å². The number of hydrogen-bond acceptors (Lipinski definition) is 7. The van der Waals surface area contributed by atoms with Crippen molar-refractivity contribution in [3.05, 3.63) is 53.6 Å². The van der Waals surface area contributed by atoms with Crippen molar-refractivity contribution in [3.63, 3.8) is 0 Å². The van der Waals surface area contributed by atoms with E-state index < -0.39 is 11.8 Å². The molecule has 9 heteroatoms. The molecule has 2 aliphatic heterocycles. The van der Waals surface area contributed by atoms with Crippen LogP contribution in [-0.4, -0.2) is 81.8 Å². The van der Waals surface area contributed by atoms with Gasteiger partial charge in [-0.15, -0.1) is 0 Å². The summed E-state index contributed by atoms with van der Waals surface area (Å²) in [6.07, 6.45) is 0.629. The SMILES string of the molecule is COc1ccc(CCNC(=O)C(=O)NC[C@@H](c2ccc3c(c2)OCO3)N2CCN(C)CC2)cc1. The Bertz CT molecular complexity index is 989. The van der Waals surface area contributed by atoms with Crippen molar-refractivity contribution in [2.45, 2.75) is 12.5 Å². The first kappa shape index (κ1) is 23.8. The van der Waals surface area contributed by atoms with Crippen LogP contribution in [0.5, 0.6) is 17.2 Å². The highest BCUT2D eigenvalue weighted by Gasteiger charge is 2.27. The van der Waals surface area contributed by atoms with Crippen molar-refractivity contribution in [3.8, 4) is 17.2 Å². The number of carbonyl (C=O) groups excluding carboxylic acids is 2. The minimum absolute atomic E-state index is 0.0701. The molecular formula is C25H32N4O5. The van der Waals surface area contributed by atoms with E-state index in [1.807, 2.05) is 42.5 Å². The van der Waals surface area contributed by atoms with E-state index >= 15 is 0 Å². The fraction of sp³-hybridized carbons (Fsp3) is 0.440. The van der Waals surface area contributed by atoms with E-state index in [0.29, 0.717) is 25.3 Å². The molecule has 2 amide bonds. The first-order chi connectivity index (χ1) is 16.5. The van der Waals surface area contributed by atoms with Crippen LogP contribution in [0.3, 0.4) is 0 Å². The van der Waals surface area contributed by atoms with E-state index in [-0.39, 0.29) is 12.8 Å². The van der Waals surface area contributed by atoms with Crippen LogP contribution in [0.15, 0.2) is 42.5 Å². The van der Waals surface area contributed by atoms with Gasteiger partial charge in [0.05, 0.1) is 13.2 Å². The van der Waals surface area contributed by atoms with E-state index in [4.69, 9.17) is 14.2 Å². The topological polar surface area (TPSA) is 92.4 Å². The van der Waals surface area contributed by atoms with Gasteiger partial charge in [0, 0.05) is 39.3 Å². The number of amides is 2. The summed E-state index contributed by atoms with van der Waals surface area (Å²) in [7, 11) is 3.72. The first-order valence-electron chi connectivity index (χ1n) is 11.5. The summed E-state index contributed by atoms with van der Waals surface area (Å²) in [6, 6.07) is 13.4. The van der Waals surface area contributed by atoms with Gasteiger partial charge in [0.1, 0.15) is 5.75 Å². The first-order valence-corrected chi connectivity index (χ1v) is 11.5. The van der Waals surface area contributed by atoms with Gasteiger partial charge in [-0.05, 0) is 48.9 Å². The van der Waals surface area contributed by atoms with Crippen LogP contribution in [0.25, 0.3) is 0 Å². The summed E-state index contributed by atoms with van der Waals surface area (Å²) < 4.78 is 16.1. The molecule has 0 unspecified atom stereocenters. The van der Waals surface area contributed by atoms with Crippen LogP contribution >= 0.6 is 0 Å². The van der Waals surface area contributed by atoms with Gasteiger partial charge in [0.15, 0.2) is 11.5 Å². The molecule has 0 aromatic heterocycles. The number of likely N-dealkylation sites (N-methyl/N-ethyl adjacent to an activating group) is 1. The Kier molecular flexibility index (Phi) is 7.87. The summed E-state index contributed by atoms with van der Waals surface area (Å²) in [4.78, 5) is 29.5. The van der Waals surface area contributed by atoms with Gasteiger partial charge >= 0.3 is 11.8 Å². The number of hydrogen-bond donors (Lipinski definition) is 2. The fourth-order valence-corrected chi connectivity index (χ4v) is 4.17. The third-order valence-electron chi connectivity index (χ3n) is 6.28. The number of ether oxygens (including phenoxy) is 3. The molecule has 2 aromatic carbocycles. The third kappa shape index (κ3) is 5.98. The zero-order chi connectivity index (χ0) is 23.9. The van der Waals surface area contributed by atoms with Gasteiger partial charge in [-0.3, -0.25) is 14.5 Å². The van der Waals surface area contributed by atoms with Crippen molar-refractivity contribution in [1.29, 1.82) is 0 Å². The maximum atomic E-state index is 12.5. The van der Waals surface area contributed by atoms with Crippen molar-refractivity contribution >= 4 is 11.8 Å². The van der Waals surface area contributed by atoms with Crippen molar-refractivity contribution < 1.29 is 23.8 Å². The lowest BCUT2D eigenvalue weighted by atomic mass is 10.0. The van der Waals surface area contributed by atoms with E-state index in [0.717, 1.165) is 48.8 Å². The molecule has 2 aliphatic rings. The molecule has 1 fully saturated rings. The summed E-state index contributed by atoms with van der Waals surface area (Å²) in [5, 5.41) is 5.53. The molecule has 1 atom stereocenters. The number of piperazine rings is 1. The Morgan fingerprint density at radius 2 is 1.68 bits per heavy atom. The number of methoxy groups -OCH3 is 1. The van der Waals surface area contributed by atoms with Crippen LogP contribution in [0.2, 0.25) is 0 Å². The Morgan fingerprint density at radius 3 is 2.41 bits per heavy atom. The second kappa shape index (κ2) is 11.2. The second-order valence-corrected chi connectivity index (χ2v) is 8.53. The maximum Gasteiger partial charge on any atom is 0.309 e. The Hall–Kier alpha value is -3.30. The second-order valence-electron chi connectivity index (χ2n) is 8.53. The molecule has 0 saturated carbocycles. The van der Waals surface area contributed by atoms with Gasteiger partial charge in [-0.1, -0.05) is 18.2 Å². The van der Waals surface area contributed by atoms with Crippen LogP contribution in [0.1, 0.15) is 17.2 Å². The molecule has 0 radical (unpaired) electrons. The number of fused-ring (bicyclic) bond motifs is 1. The van der Waals surface area contributed by atoms with Crippen molar-refractivity contribution in [2.75, 3.05) is 60.2 Å². The molecule has 182 valence electrons. The highest BCUT2D eigenvalue weighted by molar-refractivity contribution is 6.35. The average Bonchev–Trinajstić information content (AvgIpc) is 3.33. The molecule has 4 rings (SSSR count). The van der Waals surface area contributed by atoms with Crippen LogP contribution in [0, 0.1) is 0 Å². The quantitative estimate of drug-likeness (QED) is 0.562. The van der Waals surface area contributed by atoms with E-state index in [1.165, 1.54) is 0 Å². The molecule has 2 N–H and O–H groups in total. The number of nitrogens with one attached hydrogen (secondary N) is 2. The zero-order valence-electron chi connectivity index (χ0n) is 19.7. The normalized spacial score (nSPS) is 16.6. The third-order valence-corrected chi connectivity index (χ3v) is 6.28. The number of rotatable bonds is 8. The van der Waals surface area contributed by atoms with Gasteiger partial charge in [-0.25, -0.2) is 0 Å². The fourth-order valence-electron chi connectivity index (χ4n) is 4.17. The predicted molar refractivity (Wildman–Crippen MR) is 127 cm³/mol. The highest BCUT2D eigenvalue weighted by Crippen LogP contribution is 2.35. The van der Waals surface area contributed by atoms with E-state index in [1.54, 1.807) is 7.11 Å². The van der Waals surface area contributed by atoms with Crippen LogP contribution in [0.4, 0.5) is 0 Å². The zero-order valence-corrected chi connectivity index (χ0v) is 19.7. The number of nitrogens with zero attached hydrogens (tertiary/aromatic N) is 2. The molecule has 1 saturated heterocycles. The smallest absolute Gasteiger partial charge is 0.309 e. The molecule has 2 heterocycles. The molecule has 0 spiro atoms. The number of benzene rings is 2. The van der Waals surface area contributed by atoms with Gasteiger partial charge in [0.2, 0.25) is 6.79 Å². The molecular weight excluding hydrogens is 436 g/mol. The summed E-state index contributed by atoms with van der Waals surface area (Å²) >= 11 is 0. The van der Waals surface area contributed by atoms with Gasteiger partial charge < -0.3 is 29.7 Å². The summed E-state index contributed by atoms with van der Waals surface area (Å²) in [5.74, 6) is 0.954. The predicted octanol–water partition coefficient (Wildman–Crippen LogP) is 1.19. The Labute approximate surface area is 200 Å². The lowest BCUT2D eigenvalue weighted by Crippen LogP contribution is -2.49. The molecule has 0 aliphatic carbocycles. The largest absolute Gasteiger partial charge is 0.497 e. The Morgan fingerprint density at radius 1 is 0.971 bits per heavy atom. The number of carbonyl (C=O) groups is 2. The minimum Gasteiger partial charge on any atom is -0.497 e. The van der Waals surface area contributed by atoms with Crippen molar-refractivity contribution in [1.82, 2.24) is 20.4 Å². The average molecular weight is 469 g/mol. The molecule has 0 bridgehead atoms. The lowest BCUT2D eigenvalue weighted by Gasteiger charge is -2.38. The summed E-state index contributed by atoms with van der Waals surface area (Å²) in [6.45, 7) is 4.56. The molecule has 2 aromatic rings. The lowest BCUT2D eigenvalue weighted by molar-refractivity contribution is -0.139. The standard InChI is InChI=1S/C25H32N4O5/c1-28-11-13-29(14-12-28)21(19-5-8-22-23(15-19)34-17-33-22)16-27-25(31)24(30)26-10-9-18-3-6-20(32-2)7-4-18/h3-8,15,21H,9-14,16-17H2,1-2H3,(H,26,30)(H,27,31)/t21-/m0/s1. The highest BCUT2D eigenvalue weighted by atomic mass is 16.7. The monoisotopic (exact) mass is 468 g/mol. The molecule has 9 nitrogen and oxygen atoms in total. The summed E-state index contributed by atoms with van der Waals surface area (Å²) in [5.41, 5.74) is 2.08. The minimum atomic E-state index is -0.630. The van der Waals surface area contributed by atoms with Crippen LogP contribution in [-0.2, 0) is 16.0 Å². The van der Waals surface area contributed by atoms with E-state index in [2.05, 4.69) is 27.5 Å². The Balaban J connectivity index is 1.32. The van der Waals surface area contributed by atoms with Gasteiger partial charge in [0.25, 0.3) is 0 Å². The molecule has 34 heavy (non-hydrogen) atoms. The van der Waals surface area contributed by atoms with Gasteiger partial charge in [-0.2, -0.15) is 0 Å². The maximum absolute atomic E-state index is 12.5. The van der Waals surface area contributed by atoms with E-state index in [9.17, 15) is 9.59 Å².